The summed E-state index contributed by atoms with van der Waals surface area (Å²) < 4.78 is 0. The van der Waals surface area contributed by atoms with E-state index in [1.54, 1.807) is 12.2 Å². The average Bonchev–Trinajstić information content (AvgIpc) is 2.21. The van der Waals surface area contributed by atoms with E-state index in [0.29, 0.717) is 11.6 Å². The van der Waals surface area contributed by atoms with Crippen molar-refractivity contribution in [1.82, 2.24) is 0 Å². The summed E-state index contributed by atoms with van der Waals surface area (Å²) in [6, 6.07) is 0. The maximum Gasteiger partial charge on any atom is 0.0447 e. The predicted molar refractivity (Wildman–Crippen MR) is 72.1 cm³/mol. The summed E-state index contributed by atoms with van der Waals surface area (Å²) in [5.74, 6) is 0.884. The van der Waals surface area contributed by atoms with Crippen molar-refractivity contribution in [2.45, 2.75) is 34.1 Å². The molecule has 0 bridgehead atoms. The van der Waals surface area contributed by atoms with Crippen LogP contribution in [-0.2, 0) is 0 Å². The second kappa shape index (κ2) is 11.5. The van der Waals surface area contributed by atoms with Crippen molar-refractivity contribution in [3.8, 4) is 0 Å². The van der Waals surface area contributed by atoms with E-state index in [1.807, 2.05) is 13.0 Å². The van der Waals surface area contributed by atoms with Gasteiger partial charge in [0.05, 0.1) is 0 Å². The number of hydrogen-bond acceptors (Lipinski definition) is 1. The Kier molecular flexibility index (Phi) is 13.0. The third-order valence-electron chi connectivity index (χ3n) is 1.90. The Labute approximate surface area is 99.7 Å². The van der Waals surface area contributed by atoms with Crippen molar-refractivity contribution in [2.75, 3.05) is 6.54 Å². The van der Waals surface area contributed by atoms with Crippen molar-refractivity contribution >= 4 is 11.6 Å². The third-order valence-corrected chi connectivity index (χ3v) is 2.27. The Morgan fingerprint density at radius 2 is 1.93 bits per heavy atom. The van der Waals surface area contributed by atoms with E-state index < -0.39 is 0 Å². The first-order valence-electron chi connectivity index (χ1n) is 5.37. The van der Waals surface area contributed by atoms with Gasteiger partial charge in [0.2, 0.25) is 0 Å². The van der Waals surface area contributed by atoms with Gasteiger partial charge < -0.3 is 5.73 Å². The van der Waals surface area contributed by atoms with Crippen LogP contribution < -0.4 is 5.73 Å². The van der Waals surface area contributed by atoms with E-state index in [9.17, 15) is 0 Å². The first kappa shape index (κ1) is 16.9. The highest BCUT2D eigenvalue weighted by Crippen LogP contribution is 2.10. The molecule has 15 heavy (non-hydrogen) atoms. The molecule has 0 unspecified atom stereocenters. The van der Waals surface area contributed by atoms with Crippen LogP contribution in [0, 0.1) is 5.92 Å². The zero-order chi connectivity index (χ0) is 12.3. The summed E-state index contributed by atoms with van der Waals surface area (Å²) in [5.41, 5.74) is 6.24. The molecule has 0 fully saturated rings. The molecule has 0 heterocycles. The van der Waals surface area contributed by atoms with E-state index in [1.165, 1.54) is 6.42 Å². The quantitative estimate of drug-likeness (QED) is 0.717. The molecule has 0 atom stereocenters. The van der Waals surface area contributed by atoms with Crippen LogP contribution in [0.25, 0.3) is 0 Å². The van der Waals surface area contributed by atoms with Crippen molar-refractivity contribution < 1.29 is 0 Å². The molecule has 2 heteroatoms. The van der Waals surface area contributed by atoms with Crippen molar-refractivity contribution in [2.24, 2.45) is 11.7 Å². The summed E-state index contributed by atoms with van der Waals surface area (Å²) in [6.07, 6.45) is 6.63. The fourth-order valence-electron chi connectivity index (χ4n) is 0.532. The highest BCUT2D eigenvalue weighted by Gasteiger charge is 1.92. The molecular formula is C13H24ClN. The molecule has 0 aromatic carbocycles. The molecule has 1 nitrogen and oxygen atoms in total. The highest BCUT2D eigenvalue weighted by molar-refractivity contribution is 6.31. The molecule has 0 saturated heterocycles. The van der Waals surface area contributed by atoms with Crippen LogP contribution in [0.3, 0.4) is 0 Å². The topological polar surface area (TPSA) is 26.0 Å². The highest BCUT2D eigenvalue weighted by atomic mass is 35.5. The van der Waals surface area contributed by atoms with Gasteiger partial charge in [-0.25, -0.2) is 0 Å². The predicted octanol–water partition coefficient (Wildman–Crippen LogP) is 4.25. The van der Waals surface area contributed by atoms with Gasteiger partial charge in [-0.2, -0.15) is 0 Å². The molecule has 0 aromatic rings. The molecule has 0 aliphatic carbocycles. The fraction of sp³-hybridized carbons (Fsp3) is 0.538. The van der Waals surface area contributed by atoms with E-state index in [2.05, 4.69) is 27.4 Å². The lowest BCUT2D eigenvalue weighted by Crippen LogP contribution is -2.01. The van der Waals surface area contributed by atoms with Crippen molar-refractivity contribution in [3.05, 3.63) is 35.4 Å². The number of rotatable bonds is 4. The molecule has 0 radical (unpaired) electrons. The second-order valence-electron chi connectivity index (χ2n) is 3.58. The number of allylic oxidation sites excluding steroid dienone is 3. The average molecular weight is 230 g/mol. The largest absolute Gasteiger partial charge is 0.326 e. The van der Waals surface area contributed by atoms with Gasteiger partial charge in [0.25, 0.3) is 0 Å². The second-order valence-corrected chi connectivity index (χ2v) is 3.99. The summed E-state index contributed by atoms with van der Waals surface area (Å²) in [5, 5.41) is 0.667. The first-order valence-corrected chi connectivity index (χ1v) is 5.75. The van der Waals surface area contributed by atoms with Gasteiger partial charge in [0.15, 0.2) is 0 Å². The third kappa shape index (κ3) is 11.4. The minimum absolute atomic E-state index is 0.437. The lowest BCUT2D eigenvalue weighted by atomic mass is 10.2. The standard InChI is InChI=1S/C8H12ClN.C5H12/c1-3-5-8(9)7(4-2)6-10;1-4-5(2)3/h3-5H,2,6,10H2,1H3;5H,4H2,1-3H3/b5-3-,8-7-;. The van der Waals surface area contributed by atoms with Crippen molar-refractivity contribution in [3.63, 3.8) is 0 Å². The Morgan fingerprint density at radius 1 is 1.47 bits per heavy atom. The first-order chi connectivity index (χ1) is 7.03. The minimum Gasteiger partial charge on any atom is -0.326 e. The normalized spacial score (nSPS) is 12.2. The number of halogens is 1. The summed E-state index contributed by atoms with van der Waals surface area (Å²) in [6.45, 7) is 12.6. The van der Waals surface area contributed by atoms with Crippen LogP contribution in [0.5, 0.6) is 0 Å². The monoisotopic (exact) mass is 229 g/mol. The fourth-order valence-corrected chi connectivity index (χ4v) is 0.812. The summed E-state index contributed by atoms with van der Waals surface area (Å²) in [4.78, 5) is 0. The van der Waals surface area contributed by atoms with Gasteiger partial charge in [-0.15, -0.1) is 0 Å². The van der Waals surface area contributed by atoms with Crippen LogP contribution in [-0.4, -0.2) is 6.54 Å². The van der Waals surface area contributed by atoms with E-state index in [4.69, 9.17) is 17.3 Å². The smallest absolute Gasteiger partial charge is 0.0447 e. The SMILES string of the molecule is C=C/C(CN)=C(Cl)\C=C/C.CCC(C)C. The van der Waals surface area contributed by atoms with Gasteiger partial charge in [-0.3, -0.25) is 0 Å². The molecular weight excluding hydrogens is 206 g/mol. The maximum absolute atomic E-state index is 5.79. The van der Waals surface area contributed by atoms with Gasteiger partial charge in [0.1, 0.15) is 0 Å². The van der Waals surface area contributed by atoms with Crippen LogP contribution in [0.1, 0.15) is 34.1 Å². The van der Waals surface area contributed by atoms with Crippen LogP contribution in [0.15, 0.2) is 35.4 Å². The summed E-state index contributed by atoms with van der Waals surface area (Å²) in [7, 11) is 0. The van der Waals surface area contributed by atoms with E-state index in [-0.39, 0.29) is 0 Å². The molecule has 88 valence electrons. The molecule has 0 saturated carbocycles. The molecule has 0 amide bonds. The Balaban J connectivity index is 0. The van der Waals surface area contributed by atoms with Crippen LogP contribution in [0.2, 0.25) is 0 Å². The van der Waals surface area contributed by atoms with Crippen LogP contribution >= 0.6 is 11.6 Å². The molecule has 0 aromatic heterocycles. The zero-order valence-corrected chi connectivity index (χ0v) is 11.1. The molecule has 0 aliphatic rings. The van der Waals surface area contributed by atoms with Gasteiger partial charge >= 0.3 is 0 Å². The number of nitrogens with two attached hydrogens (primary N) is 1. The minimum atomic E-state index is 0.437. The lowest BCUT2D eigenvalue weighted by Gasteiger charge is -1.96. The molecule has 0 aliphatic heterocycles. The van der Waals surface area contributed by atoms with Crippen molar-refractivity contribution in [1.29, 1.82) is 0 Å². The van der Waals surface area contributed by atoms with E-state index in [0.717, 1.165) is 11.5 Å². The summed E-state index contributed by atoms with van der Waals surface area (Å²) >= 11 is 5.79. The van der Waals surface area contributed by atoms with Gasteiger partial charge in [0, 0.05) is 11.6 Å². The molecule has 0 spiro atoms. The maximum atomic E-state index is 5.79. The Bertz CT molecular complexity index is 215. The Morgan fingerprint density at radius 3 is 2.13 bits per heavy atom. The zero-order valence-electron chi connectivity index (χ0n) is 10.4. The number of hydrogen-bond donors (Lipinski definition) is 1. The van der Waals surface area contributed by atoms with E-state index >= 15 is 0 Å². The molecule has 2 N–H and O–H groups in total. The Hall–Kier alpha value is -0.530. The van der Waals surface area contributed by atoms with Crippen LogP contribution in [0.4, 0.5) is 0 Å². The van der Waals surface area contributed by atoms with Gasteiger partial charge in [-0.1, -0.05) is 57.5 Å². The lowest BCUT2D eigenvalue weighted by molar-refractivity contribution is 0.626. The van der Waals surface area contributed by atoms with Gasteiger partial charge in [-0.05, 0) is 24.5 Å². The molecule has 0 rings (SSSR count).